The molecule has 1 atom stereocenters. The van der Waals surface area contributed by atoms with Crippen molar-refractivity contribution in [2.45, 2.75) is 18.9 Å². The van der Waals surface area contributed by atoms with Crippen LogP contribution in [0.5, 0.6) is 5.75 Å². The van der Waals surface area contributed by atoms with Gasteiger partial charge < -0.3 is 15.2 Å². The highest BCUT2D eigenvalue weighted by Crippen LogP contribution is 2.23. The molecule has 0 fully saturated rings. The van der Waals surface area contributed by atoms with E-state index in [-0.39, 0.29) is 0 Å². The zero-order valence-electron chi connectivity index (χ0n) is 11.1. The largest absolute Gasteiger partial charge is 0.496 e. The van der Waals surface area contributed by atoms with Gasteiger partial charge in [0.25, 0.3) is 5.91 Å². The SMILES string of the molecule is C=CCCC(NC(=O)c1ccc(Br)cc1OC)C(=O)O. The second-order valence-corrected chi connectivity index (χ2v) is 4.99. The Bertz CT molecular complexity index is 516. The summed E-state index contributed by atoms with van der Waals surface area (Å²) in [5.41, 5.74) is 0.292. The average Bonchev–Trinajstić information content (AvgIpc) is 2.42. The van der Waals surface area contributed by atoms with Gasteiger partial charge in [0.05, 0.1) is 12.7 Å². The predicted octanol–water partition coefficient (Wildman–Crippen LogP) is 2.61. The number of nitrogens with one attached hydrogen (secondary N) is 1. The standard InChI is InChI=1S/C14H16BrNO4/c1-3-4-5-11(14(18)19)16-13(17)10-7-6-9(15)8-12(10)20-2/h3,6-8,11H,1,4-5H2,2H3,(H,16,17)(H,18,19). The second kappa shape index (κ2) is 7.69. The maximum absolute atomic E-state index is 12.1. The summed E-state index contributed by atoms with van der Waals surface area (Å²) in [5, 5.41) is 11.6. The van der Waals surface area contributed by atoms with Gasteiger partial charge in [0.1, 0.15) is 11.8 Å². The van der Waals surface area contributed by atoms with E-state index in [1.54, 1.807) is 24.3 Å². The van der Waals surface area contributed by atoms with Crippen molar-refractivity contribution in [2.24, 2.45) is 0 Å². The quantitative estimate of drug-likeness (QED) is 0.747. The van der Waals surface area contributed by atoms with Crippen LogP contribution < -0.4 is 10.1 Å². The maximum atomic E-state index is 12.1. The van der Waals surface area contributed by atoms with Crippen LogP contribution in [0.1, 0.15) is 23.2 Å². The first-order chi connectivity index (χ1) is 9.49. The Morgan fingerprint density at radius 2 is 2.25 bits per heavy atom. The molecule has 2 N–H and O–H groups in total. The van der Waals surface area contributed by atoms with Gasteiger partial charge in [0, 0.05) is 4.47 Å². The number of hydrogen-bond acceptors (Lipinski definition) is 3. The van der Waals surface area contributed by atoms with Crippen molar-refractivity contribution in [1.29, 1.82) is 0 Å². The summed E-state index contributed by atoms with van der Waals surface area (Å²) in [7, 11) is 1.45. The van der Waals surface area contributed by atoms with E-state index < -0.39 is 17.9 Å². The molecule has 1 aromatic carbocycles. The Balaban J connectivity index is 2.88. The lowest BCUT2D eigenvalue weighted by molar-refractivity contribution is -0.139. The molecule has 0 aliphatic carbocycles. The van der Waals surface area contributed by atoms with Crippen molar-refractivity contribution in [3.8, 4) is 5.75 Å². The molecule has 5 nitrogen and oxygen atoms in total. The number of halogens is 1. The minimum atomic E-state index is -1.07. The van der Waals surface area contributed by atoms with Crippen LogP contribution in [0.25, 0.3) is 0 Å². The Kier molecular flexibility index (Phi) is 6.24. The zero-order valence-corrected chi connectivity index (χ0v) is 12.6. The van der Waals surface area contributed by atoms with Gasteiger partial charge in [-0.1, -0.05) is 22.0 Å². The van der Waals surface area contributed by atoms with E-state index in [2.05, 4.69) is 27.8 Å². The van der Waals surface area contributed by atoms with Crippen LogP contribution in [0.4, 0.5) is 0 Å². The topological polar surface area (TPSA) is 75.6 Å². The summed E-state index contributed by atoms with van der Waals surface area (Å²) in [5.74, 6) is -1.17. The molecular formula is C14H16BrNO4. The first-order valence-corrected chi connectivity index (χ1v) is 6.77. The molecule has 1 aromatic rings. The lowest BCUT2D eigenvalue weighted by Gasteiger charge is -2.15. The number of rotatable bonds is 7. The third kappa shape index (κ3) is 4.38. The van der Waals surface area contributed by atoms with Crippen molar-refractivity contribution < 1.29 is 19.4 Å². The molecule has 0 aliphatic heterocycles. The summed E-state index contributed by atoms with van der Waals surface area (Å²) in [6, 6.07) is 3.96. The Morgan fingerprint density at radius 1 is 1.55 bits per heavy atom. The third-order valence-corrected chi connectivity index (χ3v) is 3.16. The van der Waals surface area contributed by atoms with Crippen molar-refractivity contribution in [1.82, 2.24) is 5.32 Å². The van der Waals surface area contributed by atoms with Crippen LogP contribution in [0.15, 0.2) is 35.3 Å². The van der Waals surface area contributed by atoms with Crippen molar-refractivity contribution in [3.63, 3.8) is 0 Å². The van der Waals surface area contributed by atoms with E-state index in [1.807, 2.05) is 0 Å². The maximum Gasteiger partial charge on any atom is 0.326 e. The fraction of sp³-hybridized carbons (Fsp3) is 0.286. The molecule has 0 aromatic heterocycles. The number of allylic oxidation sites excluding steroid dienone is 1. The van der Waals surface area contributed by atoms with E-state index in [0.717, 1.165) is 4.47 Å². The number of hydrogen-bond donors (Lipinski definition) is 2. The molecule has 1 unspecified atom stereocenters. The minimum Gasteiger partial charge on any atom is -0.496 e. The van der Waals surface area contributed by atoms with Gasteiger partial charge in [-0.2, -0.15) is 0 Å². The average molecular weight is 342 g/mol. The molecule has 0 saturated heterocycles. The minimum absolute atomic E-state index is 0.292. The van der Waals surface area contributed by atoms with Gasteiger partial charge in [-0.25, -0.2) is 4.79 Å². The Hall–Kier alpha value is -1.82. The predicted molar refractivity (Wildman–Crippen MR) is 79.0 cm³/mol. The van der Waals surface area contributed by atoms with Crippen LogP contribution in [0.3, 0.4) is 0 Å². The van der Waals surface area contributed by atoms with Crippen LogP contribution >= 0.6 is 15.9 Å². The number of carbonyl (C=O) groups is 2. The highest BCUT2D eigenvalue weighted by molar-refractivity contribution is 9.10. The number of ether oxygens (including phenoxy) is 1. The van der Waals surface area contributed by atoms with Crippen LogP contribution in [0, 0.1) is 0 Å². The summed E-state index contributed by atoms with van der Waals surface area (Å²) >= 11 is 3.28. The van der Waals surface area contributed by atoms with E-state index in [4.69, 9.17) is 9.84 Å². The number of benzene rings is 1. The van der Waals surface area contributed by atoms with E-state index in [0.29, 0.717) is 24.2 Å². The first-order valence-electron chi connectivity index (χ1n) is 5.97. The molecule has 1 rings (SSSR count). The van der Waals surface area contributed by atoms with Gasteiger partial charge in [0.2, 0.25) is 0 Å². The number of carboxylic acid groups (broad SMARTS) is 1. The normalized spacial score (nSPS) is 11.5. The molecule has 0 aliphatic rings. The number of methoxy groups -OCH3 is 1. The zero-order chi connectivity index (χ0) is 15.1. The number of aliphatic carboxylic acids is 1. The van der Waals surface area contributed by atoms with Crippen LogP contribution in [-0.2, 0) is 4.79 Å². The molecule has 20 heavy (non-hydrogen) atoms. The van der Waals surface area contributed by atoms with Crippen molar-refractivity contribution in [2.75, 3.05) is 7.11 Å². The van der Waals surface area contributed by atoms with E-state index in [9.17, 15) is 9.59 Å². The summed E-state index contributed by atoms with van der Waals surface area (Å²) < 4.78 is 5.89. The highest BCUT2D eigenvalue weighted by Gasteiger charge is 2.21. The molecule has 108 valence electrons. The van der Waals surface area contributed by atoms with E-state index in [1.165, 1.54) is 7.11 Å². The number of carboxylic acids is 1. The fourth-order valence-corrected chi connectivity index (χ4v) is 1.97. The van der Waals surface area contributed by atoms with Crippen LogP contribution in [-0.4, -0.2) is 30.1 Å². The number of carbonyl (C=O) groups excluding carboxylic acids is 1. The molecule has 0 heterocycles. The number of amides is 1. The monoisotopic (exact) mass is 341 g/mol. The lowest BCUT2D eigenvalue weighted by Crippen LogP contribution is -2.40. The molecule has 0 bridgehead atoms. The molecule has 0 spiro atoms. The first kappa shape index (κ1) is 16.2. The van der Waals surface area contributed by atoms with E-state index >= 15 is 0 Å². The van der Waals surface area contributed by atoms with Gasteiger partial charge in [-0.05, 0) is 31.0 Å². The fourth-order valence-electron chi connectivity index (χ4n) is 1.63. The van der Waals surface area contributed by atoms with Crippen molar-refractivity contribution in [3.05, 3.63) is 40.9 Å². The summed E-state index contributed by atoms with van der Waals surface area (Å²) in [4.78, 5) is 23.2. The van der Waals surface area contributed by atoms with Gasteiger partial charge >= 0.3 is 5.97 Å². The molecule has 1 amide bonds. The summed E-state index contributed by atoms with van der Waals surface area (Å²) in [6.07, 6.45) is 2.42. The lowest BCUT2D eigenvalue weighted by atomic mass is 10.1. The Morgan fingerprint density at radius 3 is 2.80 bits per heavy atom. The molecular weight excluding hydrogens is 326 g/mol. The molecule has 6 heteroatoms. The third-order valence-electron chi connectivity index (χ3n) is 2.67. The highest BCUT2D eigenvalue weighted by atomic mass is 79.9. The van der Waals surface area contributed by atoms with Crippen molar-refractivity contribution >= 4 is 27.8 Å². The summed E-state index contributed by atoms with van der Waals surface area (Å²) in [6.45, 7) is 3.54. The Labute approximate surface area is 125 Å². The van der Waals surface area contributed by atoms with Gasteiger partial charge in [0.15, 0.2) is 0 Å². The smallest absolute Gasteiger partial charge is 0.326 e. The molecule has 0 radical (unpaired) electrons. The van der Waals surface area contributed by atoms with Gasteiger partial charge in [-0.3, -0.25) is 4.79 Å². The van der Waals surface area contributed by atoms with Crippen LogP contribution in [0.2, 0.25) is 0 Å². The second-order valence-electron chi connectivity index (χ2n) is 4.07. The van der Waals surface area contributed by atoms with Gasteiger partial charge in [-0.15, -0.1) is 6.58 Å². The molecule has 0 saturated carbocycles.